The van der Waals surface area contributed by atoms with Gasteiger partial charge in [-0.1, -0.05) is 25.1 Å². The minimum absolute atomic E-state index is 0.131. The average molecular weight is 358 g/mol. The van der Waals surface area contributed by atoms with Gasteiger partial charge in [-0.3, -0.25) is 4.79 Å². The van der Waals surface area contributed by atoms with Gasteiger partial charge >= 0.3 is 5.97 Å². The first-order valence-electron chi connectivity index (χ1n) is 9.68. The summed E-state index contributed by atoms with van der Waals surface area (Å²) < 4.78 is 10.7. The first-order chi connectivity index (χ1) is 12.5. The Morgan fingerprint density at radius 1 is 1.31 bits per heavy atom. The van der Waals surface area contributed by atoms with Crippen molar-refractivity contribution in [3.8, 4) is 5.75 Å². The highest BCUT2D eigenvalue weighted by molar-refractivity contribution is 5.70. The van der Waals surface area contributed by atoms with E-state index in [1.54, 1.807) is 0 Å². The van der Waals surface area contributed by atoms with Crippen LogP contribution in [0.15, 0.2) is 35.9 Å². The van der Waals surface area contributed by atoms with Crippen LogP contribution in [0.5, 0.6) is 5.75 Å². The molecule has 0 bridgehead atoms. The Labute approximate surface area is 156 Å². The summed E-state index contributed by atoms with van der Waals surface area (Å²) in [4.78, 5) is 11.4. The number of carbonyl (C=O) groups is 1. The maximum absolute atomic E-state index is 11.4. The molecule has 1 aromatic carbocycles. The van der Waals surface area contributed by atoms with E-state index in [9.17, 15) is 9.90 Å². The highest BCUT2D eigenvalue weighted by Gasteiger charge is 2.38. The largest absolute Gasteiger partial charge is 0.489 e. The lowest BCUT2D eigenvalue weighted by atomic mass is 9.75. The van der Waals surface area contributed by atoms with Gasteiger partial charge in [0.15, 0.2) is 0 Å². The third kappa shape index (κ3) is 4.67. The topological polar surface area (TPSA) is 55.8 Å². The van der Waals surface area contributed by atoms with Crippen molar-refractivity contribution in [2.75, 3.05) is 13.7 Å². The number of carbonyl (C=O) groups excluding carboxylic acids is 1. The van der Waals surface area contributed by atoms with Crippen molar-refractivity contribution >= 4 is 5.97 Å². The van der Waals surface area contributed by atoms with Crippen LogP contribution in [0.3, 0.4) is 0 Å². The van der Waals surface area contributed by atoms with Crippen LogP contribution < -0.4 is 4.74 Å². The number of esters is 1. The van der Waals surface area contributed by atoms with Crippen molar-refractivity contribution in [3.63, 3.8) is 0 Å². The molecule has 0 radical (unpaired) electrons. The molecule has 0 amide bonds. The van der Waals surface area contributed by atoms with Gasteiger partial charge in [0.2, 0.25) is 0 Å². The lowest BCUT2D eigenvalue weighted by Gasteiger charge is -2.31. The van der Waals surface area contributed by atoms with Crippen LogP contribution in [0.4, 0.5) is 0 Å². The second-order valence-corrected chi connectivity index (χ2v) is 7.95. The normalized spacial score (nSPS) is 26.4. The molecule has 26 heavy (non-hydrogen) atoms. The molecule has 0 saturated heterocycles. The zero-order valence-electron chi connectivity index (χ0n) is 15.9. The van der Waals surface area contributed by atoms with Gasteiger partial charge in [-0.2, -0.15) is 0 Å². The fourth-order valence-corrected chi connectivity index (χ4v) is 4.36. The zero-order valence-corrected chi connectivity index (χ0v) is 15.9. The molecule has 1 N–H and O–H groups in total. The standard InChI is InChI=1S/C22H30O4/c1-16(12-21(24)25-2)18-5-7-20(8-6-18)26-15-17-4-3-10-22(13-17)11-9-19(23)14-22/h5-8,13,16,19,23H,3-4,9-12,14-15H2,1-2H3/t16?,19-,22+/m0/s1. The van der Waals surface area contributed by atoms with E-state index in [-0.39, 0.29) is 23.4 Å². The lowest BCUT2D eigenvalue weighted by Crippen LogP contribution is -2.21. The summed E-state index contributed by atoms with van der Waals surface area (Å²) in [5.74, 6) is 0.797. The number of hydrogen-bond donors (Lipinski definition) is 1. The zero-order chi connectivity index (χ0) is 18.6. The van der Waals surface area contributed by atoms with E-state index in [4.69, 9.17) is 9.47 Å². The number of allylic oxidation sites excluding steroid dienone is 1. The summed E-state index contributed by atoms with van der Waals surface area (Å²) in [6, 6.07) is 7.99. The third-order valence-corrected chi connectivity index (χ3v) is 5.87. The van der Waals surface area contributed by atoms with Gasteiger partial charge < -0.3 is 14.6 Å². The van der Waals surface area contributed by atoms with E-state index < -0.39 is 0 Å². The molecule has 4 heteroatoms. The Bertz CT molecular complexity index is 649. The van der Waals surface area contributed by atoms with E-state index in [1.807, 2.05) is 31.2 Å². The van der Waals surface area contributed by atoms with E-state index in [2.05, 4.69) is 6.08 Å². The first kappa shape index (κ1) is 19.0. The summed E-state index contributed by atoms with van der Waals surface area (Å²) >= 11 is 0. The van der Waals surface area contributed by atoms with Crippen LogP contribution in [0.1, 0.15) is 63.4 Å². The Kier molecular flexibility index (Phi) is 6.02. The molecule has 1 fully saturated rings. The van der Waals surface area contributed by atoms with Crippen molar-refractivity contribution in [3.05, 3.63) is 41.5 Å². The van der Waals surface area contributed by atoms with Crippen LogP contribution >= 0.6 is 0 Å². The average Bonchev–Trinajstić information content (AvgIpc) is 3.00. The van der Waals surface area contributed by atoms with Gasteiger partial charge in [-0.05, 0) is 73.1 Å². The van der Waals surface area contributed by atoms with Crippen molar-refractivity contribution < 1.29 is 19.4 Å². The maximum Gasteiger partial charge on any atom is 0.306 e. The Morgan fingerprint density at radius 3 is 2.73 bits per heavy atom. The van der Waals surface area contributed by atoms with Gasteiger partial charge in [0.05, 0.1) is 19.6 Å². The van der Waals surface area contributed by atoms with Crippen molar-refractivity contribution in [2.24, 2.45) is 5.41 Å². The highest BCUT2D eigenvalue weighted by atomic mass is 16.5. The number of aliphatic hydroxyl groups excluding tert-OH is 1. The predicted octanol–water partition coefficient (Wildman–Crippen LogP) is 4.37. The van der Waals surface area contributed by atoms with Crippen LogP contribution in [0, 0.1) is 5.41 Å². The molecule has 2 aliphatic rings. The molecule has 2 aliphatic carbocycles. The molecule has 1 unspecified atom stereocenters. The molecular formula is C22H30O4. The Balaban J connectivity index is 1.55. The molecule has 3 atom stereocenters. The molecule has 0 aliphatic heterocycles. The van der Waals surface area contributed by atoms with Gasteiger partial charge in [0.1, 0.15) is 12.4 Å². The SMILES string of the molecule is COC(=O)CC(C)c1ccc(OCC2=C[C@@]3(CCC2)CC[C@H](O)C3)cc1. The molecule has 0 aromatic heterocycles. The summed E-state index contributed by atoms with van der Waals surface area (Å²) in [6.45, 7) is 2.64. The van der Waals surface area contributed by atoms with Gasteiger partial charge in [-0.25, -0.2) is 0 Å². The molecule has 1 spiro atoms. The number of rotatable bonds is 6. The first-order valence-corrected chi connectivity index (χ1v) is 9.68. The summed E-state index contributed by atoms with van der Waals surface area (Å²) in [7, 11) is 1.42. The lowest BCUT2D eigenvalue weighted by molar-refractivity contribution is -0.140. The number of hydrogen-bond acceptors (Lipinski definition) is 4. The van der Waals surface area contributed by atoms with E-state index in [1.165, 1.54) is 25.5 Å². The van der Waals surface area contributed by atoms with E-state index in [0.29, 0.717) is 13.0 Å². The molecule has 3 rings (SSSR count). The number of aliphatic hydroxyl groups is 1. The van der Waals surface area contributed by atoms with Crippen molar-refractivity contribution in [1.82, 2.24) is 0 Å². The van der Waals surface area contributed by atoms with Crippen LogP contribution in [-0.2, 0) is 9.53 Å². The summed E-state index contributed by atoms with van der Waals surface area (Å²) in [6.07, 6.45) is 9.05. The second kappa shape index (κ2) is 8.26. The van der Waals surface area contributed by atoms with Crippen LogP contribution in [-0.4, -0.2) is 30.9 Å². The number of methoxy groups -OCH3 is 1. The van der Waals surface area contributed by atoms with Gasteiger partial charge in [0, 0.05) is 0 Å². The predicted molar refractivity (Wildman–Crippen MR) is 101 cm³/mol. The monoisotopic (exact) mass is 358 g/mol. The summed E-state index contributed by atoms with van der Waals surface area (Å²) in [5.41, 5.74) is 2.68. The minimum atomic E-state index is -0.187. The van der Waals surface area contributed by atoms with E-state index >= 15 is 0 Å². The quantitative estimate of drug-likeness (QED) is 0.606. The van der Waals surface area contributed by atoms with Gasteiger partial charge in [-0.15, -0.1) is 0 Å². The maximum atomic E-state index is 11.4. The Morgan fingerprint density at radius 2 is 2.08 bits per heavy atom. The third-order valence-electron chi connectivity index (χ3n) is 5.87. The van der Waals surface area contributed by atoms with Crippen molar-refractivity contribution in [2.45, 2.75) is 63.9 Å². The fraction of sp³-hybridized carbons (Fsp3) is 0.591. The molecule has 4 nitrogen and oxygen atoms in total. The molecule has 0 heterocycles. The molecule has 1 saturated carbocycles. The summed E-state index contributed by atoms with van der Waals surface area (Å²) in [5, 5.41) is 9.89. The number of benzene rings is 1. The minimum Gasteiger partial charge on any atom is -0.489 e. The highest BCUT2D eigenvalue weighted by Crippen LogP contribution is 2.47. The van der Waals surface area contributed by atoms with E-state index in [0.717, 1.165) is 37.0 Å². The molecular weight excluding hydrogens is 328 g/mol. The van der Waals surface area contributed by atoms with Crippen LogP contribution in [0.2, 0.25) is 0 Å². The fourth-order valence-electron chi connectivity index (χ4n) is 4.36. The Hall–Kier alpha value is -1.81. The van der Waals surface area contributed by atoms with Gasteiger partial charge in [0.25, 0.3) is 0 Å². The van der Waals surface area contributed by atoms with Crippen molar-refractivity contribution in [1.29, 1.82) is 0 Å². The molecule has 1 aromatic rings. The number of ether oxygens (including phenoxy) is 2. The second-order valence-electron chi connectivity index (χ2n) is 7.95. The molecule has 142 valence electrons. The van der Waals surface area contributed by atoms with Crippen LogP contribution in [0.25, 0.3) is 0 Å². The smallest absolute Gasteiger partial charge is 0.306 e.